The number of pyridine rings is 1. The molecule has 0 saturated heterocycles. The van der Waals surface area contributed by atoms with E-state index in [1.54, 1.807) is 42.3 Å². The maximum atomic E-state index is 13.1. The Balaban J connectivity index is 1.52. The Kier molecular flexibility index (Phi) is 6.12. The van der Waals surface area contributed by atoms with Gasteiger partial charge in [0.2, 0.25) is 0 Å². The van der Waals surface area contributed by atoms with Gasteiger partial charge in [0.15, 0.2) is 5.82 Å². The summed E-state index contributed by atoms with van der Waals surface area (Å²) in [6, 6.07) is 20.4. The van der Waals surface area contributed by atoms with Gasteiger partial charge in [-0.15, -0.1) is 0 Å². The fourth-order valence-electron chi connectivity index (χ4n) is 3.59. The largest absolute Gasteiger partial charge is 0.462 e. The number of amides is 2. The summed E-state index contributed by atoms with van der Waals surface area (Å²) < 4.78 is 5.04. The molecule has 1 N–H and O–H groups in total. The monoisotopic (exact) mass is 416 g/mol. The number of benzene rings is 2. The Morgan fingerprint density at radius 2 is 1.87 bits per heavy atom. The second-order valence-corrected chi connectivity index (χ2v) is 7.14. The lowest BCUT2D eigenvalue weighted by molar-refractivity contribution is 0.0526. The van der Waals surface area contributed by atoms with Crippen LogP contribution in [0.2, 0.25) is 0 Å². The van der Waals surface area contributed by atoms with Gasteiger partial charge in [-0.25, -0.2) is 14.6 Å². The average molecular weight is 416 g/mol. The molecular weight excluding hydrogens is 392 g/mol. The molecule has 0 bridgehead atoms. The zero-order valence-electron chi connectivity index (χ0n) is 17.3. The summed E-state index contributed by atoms with van der Waals surface area (Å²) in [5.74, 6) is 0.357. The minimum absolute atomic E-state index is 0.269. The van der Waals surface area contributed by atoms with Gasteiger partial charge >= 0.3 is 12.0 Å². The second-order valence-electron chi connectivity index (χ2n) is 7.14. The van der Waals surface area contributed by atoms with Crippen LogP contribution in [0, 0.1) is 0 Å². The van der Waals surface area contributed by atoms with Crippen LogP contribution in [0.4, 0.5) is 22.0 Å². The highest BCUT2D eigenvalue weighted by Crippen LogP contribution is 2.32. The number of aromatic nitrogens is 1. The number of nitrogens with zero attached hydrogens (tertiary/aromatic N) is 3. The number of esters is 1. The van der Waals surface area contributed by atoms with Crippen LogP contribution in [0.5, 0.6) is 0 Å². The van der Waals surface area contributed by atoms with Crippen molar-refractivity contribution >= 4 is 29.2 Å². The fourth-order valence-corrected chi connectivity index (χ4v) is 3.59. The van der Waals surface area contributed by atoms with E-state index in [4.69, 9.17) is 4.74 Å². The predicted molar refractivity (Wildman–Crippen MR) is 120 cm³/mol. The van der Waals surface area contributed by atoms with E-state index < -0.39 is 5.97 Å². The first kappa shape index (κ1) is 20.4. The van der Waals surface area contributed by atoms with E-state index in [1.807, 2.05) is 30.3 Å². The molecule has 1 aliphatic rings. The molecule has 1 aromatic heterocycles. The number of nitrogens with one attached hydrogen (secondary N) is 1. The number of anilines is 3. The Bertz CT molecular complexity index is 1070. The minimum atomic E-state index is -0.414. The lowest BCUT2D eigenvalue weighted by Crippen LogP contribution is -2.46. The minimum Gasteiger partial charge on any atom is -0.462 e. The maximum Gasteiger partial charge on any atom is 0.338 e. The molecule has 1 aliphatic heterocycles. The van der Waals surface area contributed by atoms with Gasteiger partial charge in [-0.3, -0.25) is 4.90 Å². The summed E-state index contributed by atoms with van der Waals surface area (Å²) in [6.45, 7) is 3.96. The molecule has 158 valence electrons. The van der Waals surface area contributed by atoms with Crippen molar-refractivity contribution < 1.29 is 14.3 Å². The zero-order chi connectivity index (χ0) is 21.6. The maximum absolute atomic E-state index is 13.1. The van der Waals surface area contributed by atoms with Crippen LogP contribution < -0.4 is 15.1 Å². The highest BCUT2D eigenvalue weighted by molar-refractivity contribution is 6.04. The standard InChI is InChI=1S/C24H24N4O3/c1-2-31-23(29)19-10-6-11-20(16-19)26-24(30)28-15-14-27(17-18-8-4-3-5-9-18)22-21(28)12-7-13-25-22/h3-13,16H,2,14-15,17H2,1H3,(H,26,30). The van der Waals surface area contributed by atoms with E-state index in [1.165, 1.54) is 5.56 Å². The van der Waals surface area contributed by atoms with Gasteiger partial charge in [-0.05, 0) is 42.8 Å². The molecule has 4 rings (SSSR count). The number of hydrogen-bond donors (Lipinski definition) is 1. The van der Waals surface area contributed by atoms with Crippen molar-refractivity contribution in [1.29, 1.82) is 0 Å². The highest BCUT2D eigenvalue weighted by atomic mass is 16.5. The number of hydrogen-bond acceptors (Lipinski definition) is 5. The molecule has 2 heterocycles. The summed E-state index contributed by atoms with van der Waals surface area (Å²) in [7, 11) is 0. The topological polar surface area (TPSA) is 74.8 Å². The van der Waals surface area contributed by atoms with Crippen LogP contribution in [0.1, 0.15) is 22.8 Å². The van der Waals surface area contributed by atoms with E-state index in [0.717, 1.165) is 18.1 Å². The van der Waals surface area contributed by atoms with Gasteiger partial charge in [-0.2, -0.15) is 0 Å². The van der Waals surface area contributed by atoms with Crippen LogP contribution in [0.15, 0.2) is 72.9 Å². The number of urea groups is 1. The SMILES string of the molecule is CCOC(=O)c1cccc(NC(=O)N2CCN(Cc3ccccc3)c3ncccc32)c1. The number of ether oxygens (including phenoxy) is 1. The number of rotatable bonds is 5. The van der Waals surface area contributed by atoms with Crippen molar-refractivity contribution in [2.45, 2.75) is 13.5 Å². The Morgan fingerprint density at radius 3 is 2.68 bits per heavy atom. The van der Waals surface area contributed by atoms with Gasteiger partial charge in [0.1, 0.15) is 0 Å². The third-order valence-electron chi connectivity index (χ3n) is 5.04. The van der Waals surface area contributed by atoms with Crippen LogP contribution in [0.3, 0.4) is 0 Å². The quantitative estimate of drug-likeness (QED) is 0.627. The lowest BCUT2D eigenvalue weighted by atomic mass is 10.1. The molecule has 7 nitrogen and oxygen atoms in total. The molecule has 0 radical (unpaired) electrons. The van der Waals surface area contributed by atoms with Crippen molar-refractivity contribution in [3.63, 3.8) is 0 Å². The van der Waals surface area contributed by atoms with Crippen LogP contribution in [0.25, 0.3) is 0 Å². The lowest BCUT2D eigenvalue weighted by Gasteiger charge is -2.36. The van der Waals surface area contributed by atoms with E-state index >= 15 is 0 Å². The summed E-state index contributed by atoms with van der Waals surface area (Å²) >= 11 is 0. The third kappa shape index (κ3) is 4.66. The van der Waals surface area contributed by atoms with Crippen molar-refractivity contribution in [2.75, 3.05) is 34.8 Å². The molecular formula is C24H24N4O3. The molecule has 0 spiro atoms. The van der Waals surface area contributed by atoms with Crippen LogP contribution in [-0.4, -0.2) is 36.7 Å². The molecule has 0 atom stereocenters. The molecule has 7 heteroatoms. The second kappa shape index (κ2) is 9.30. The van der Waals surface area contributed by atoms with Crippen molar-refractivity contribution in [3.8, 4) is 0 Å². The Labute approximate surface area is 181 Å². The first-order chi connectivity index (χ1) is 15.2. The molecule has 0 fully saturated rings. The summed E-state index contributed by atoms with van der Waals surface area (Å²) in [5, 5.41) is 2.89. The van der Waals surface area contributed by atoms with Gasteiger partial charge in [0.25, 0.3) is 0 Å². The Morgan fingerprint density at radius 1 is 1.03 bits per heavy atom. The smallest absolute Gasteiger partial charge is 0.338 e. The van der Waals surface area contributed by atoms with Crippen LogP contribution in [-0.2, 0) is 11.3 Å². The van der Waals surface area contributed by atoms with Crippen molar-refractivity contribution in [3.05, 3.63) is 84.1 Å². The zero-order valence-corrected chi connectivity index (χ0v) is 17.3. The van der Waals surface area contributed by atoms with Gasteiger partial charge in [-0.1, -0.05) is 36.4 Å². The summed E-state index contributed by atoms with van der Waals surface area (Å²) in [4.78, 5) is 33.4. The molecule has 2 aromatic carbocycles. The van der Waals surface area contributed by atoms with Crippen molar-refractivity contribution in [2.24, 2.45) is 0 Å². The molecule has 0 aliphatic carbocycles. The van der Waals surface area contributed by atoms with Gasteiger partial charge < -0.3 is 15.0 Å². The fraction of sp³-hybridized carbons (Fsp3) is 0.208. The van der Waals surface area contributed by atoms with E-state index in [0.29, 0.717) is 30.9 Å². The first-order valence-electron chi connectivity index (χ1n) is 10.3. The number of fused-ring (bicyclic) bond motifs is 1. The summed E-state index contributed by atoms with van der Waals surface area (Å²) in [5.41, 5.74) is 2.87. The number of carbonyl (C=O) groups excluding carboxylic acids is 2. The van der Waals surface area contributed by atoms with Gasteiger partial charge in [0.05, 0.1) is 17.9 Å². The van der Waals surface area contributed by atoms with Crippen LogP contribution >= 0.6 is 0 Å². The van der Waals surface area contributed by atoms with E-state index in [-0.39, 0.29) is 6.03 Å². The normalized spacial score (nSPS) is 12.8. The highest BCUT2D eigenvalue weighted by Gasteiger charge is 2.28. The average Bonchev–Trinajstić information content (AvgIpc) is 2.80. The molecule has 2 amide bonds. The molecule has 0 saturated carbocycles. The predicted octanol–water partition coefficient (Wildman–Crippen LogP) is 4.32. The molecule has 3 aromatic rings. The Hall–Kier alpha value is -3.87. The first-order valence-corrected chi connectivity index (χ1v) is 10.3. The van der Waals surface area contributed by atoms with E-state index in [2.05, 4.69) is 27.3 Å². The van der Waals surface area contributed by atoms with Crippen molar-refractivity contribution in [1.82, 2.24) is 4.98 Å². The molecule has 0 unspecified atom stereocenters. The van der Waals surface area contributed by atoms with E-state index in [9.17, 15) is 9.59 Å². The molecule has 31 heavy (non-hydrogen) atoms. The third-order valence-corrected chi connectivity index (χ3v) is 5.04. The summed E-state index contributed by atoms with van der Waals surface area (Å²) in [6.07, 6.45) is 1.74. The van der Waals surface area contributed by atoms with Gasteiger partial charge in [0, 0.05) is 31.5 Å². The number of carbonyl (C=O) groups is 2.